The summed E-state index contributed by atoms with van der Waals surface area (Å²) in [6.07, 6.45) is 2.53. The number of hydrogen-bond donors (Lipinski definition) is 2. The second kappa shape index (κ2) is 7.86. The molecule has 1 amide bonds. The van der Waals surface area contributed by atoms with E-state index in [9.17, 15) is 4.79 Å². The molecule has 0 unspecified atom stereocenters. The van der Waals surface area contributed by atoms with Gasteiger partial charge < -0.3 is 15.5 Å². The average Bonchev–Trinajstić information content (AvgIpc) is 3.25. The van der Waals surface area contributed by atoms with Gasteiger partial charge in [0, 0.05) is 30.2 Å². The van der Waals surface area contributed by atoms with Gasteiger partial charge in [0.25, 0.3) is 5.91 Å². The van der Waals surface area contributed by atoms with Crippen molar-refractivity contribution < 1.29 is 4.79 Å². The van der Waals surface area contributed by atoms with E-state index >= 15 is 0 Å². The molecular weight excluding hydrogens is 338 g/mol. The predicted octanol–water partition coefficient (Wildman–Crippen LogP) is 4.07. The van der Waals surface area contributed by atoms with Crippen LogP contribution in [0.4, 0.5) is 22.9 Å². The minimum Gasteiger partial charge on any atom is -0.372 e. The second-order valence-electron chi connectivity index (χ2n) is 6.49. The molecule has 0 saturated carbocycles. The predicted molar refractivity (Wildman–Crippen MR) is 108 cm³/mol. The molecule has 2 N–H and O–H groups in total. The van der Waals surface area contributed by atoms with Gasteiger partial charge in [0.05, 0.1) is 0 Å². The molecule has 0 aliphatic carbocycles. The maximum atomic E-state index is 12.2. The summed E-state index contributed by atoms with van der Waals surface area (Å²) in [6.45, 7) is 2.26. The summed E-state index contributed by atoms with van der Waals surface area (Å²) in [5.74, 6) is 0.315. The van der Waals surface area contributed by atoms with Gasteiger partial charge in [-0.15, -0.1) is 10.2 Å². The number of aromatic nitrogens is 2. The van der Waals surface area contributed by atoms with Crippen LogP contribution >= 0.6 is 0 Å². The Morgan fingerprint density at radius 3 is 2.22 bits per heavy atom. The first-order chi connectivity index (χ1) is 13.3. The van der Waals surface area contributed by atoms with Crippen LogP contribution in [-0.4, -0.2) is 29.2 Å². The van der Waals surface area contributed by atoms with Crippen LogP contribution in [-0.2, 0) is 0 Å². The van der Waals surface area contributed by atoms with Gasteiger partial charge in [-0.25, -0.2) is 0 Å². The molecule has 0 spiro atoms. The van der Waals surface area contributed by atoms with Gasteiger partial charge in [-0.05, 0) is 61.4 Å². The van der Waals surface area contributed by atoms with Crippen molar-refractivity contribution >= 4 is 28.8 Å². The molecule has 27 heavy (non-hydrogen) atoms. The lowest BCUT2D eigenvalue weighted by atomic mass is 10.2. The summed E-state index contributed by atoms with van der Waals surface area (Å²) in [6, 6.07) is 21.0. The SMILES string of the molecule is O=C(Nc1ccccc1)c1ccc(Nc2ccc(N3CCCC3)cc2)nn1. The molecule has 2 aromatic carbocycles. The zero-order valence-corrected chi connectivity index (χ0v) is 14.9. The molecule has 0 radical (unpaired) electrons. The third kappa shape index (κ3) is 4.23. The normalized spacial score (nSPS) is 13.4. The Bertz CT molecular complexity index is 888. The van der Waals surface area contributed by atoms with Crippen molar-refractivity contribution in [3.05, 3.63) is 72.4 Å². The number of para-hydroxylation sites is 1. The summed E-state index contributed by atoms with van der Waals surface area (Å²) < 4.78 is 0. The molecule has 6 nitrogen and oxygen atoms in total. The first-order valence-electron chi connectivity index (χ1n) is 9.10. The van der Waals surface area contributed by atoms with Crippen molar-refractivity contribution in [3.8, 4) is 0 Å². The van der Waals surface area contributed by atoms with Crippen LogP contribution in [0.15, 0.2) is 66.7 Å². The van der Waals surface area contributed by atoms with E-state index in [4.69, 9.17) is 0 Å². The van der Waals surface area contributed by atoms with Gasteiger partial charge in [-0.2, -0.15) is 0 Å². The zero-order valence-electron chi connectivity index (χ0n) is 14.9. The van der Waals surface area contributed by atoms with Gasteiger partial charge in [-0.3, -0.25) is 4.79 Å². The number of hydrogen-bond acceptors (Lipinski definition) is 5. The monoisotopic (exact) mass is 359 g/mol. The lowest BCUT2D eigenvalue weighted by Crippen LogP contribution is -2.17. The van der Waals surface area contributed by atoms with Crippen molar-refractivity contribution in [2.75, 3.05) is 28.6 Å². The van der Waals surface area contributed by atoms with Crippen molar-refractivity contribution in [3.63, 3.8) is 0 Å². The molecule has 1 aliphatic heterocycles. The highest BCUT2D eigenvalue weighted by atomic mass is 16.1. The minimum absolute atomic E-state index is 0.272. The van der Waals surface area contributed by atoms with Crippen molar-refractivity contribution in [1.82, 2.24) is 10.2 Å². The topological polar surface area (TPSA) is 70.2 Å². The number of carbonyl (C=O) groups is 1. The Morgan fingerprint density at radius 2 is 1.56 bits per heavy atom. The van der Waals surface area contributed by atoms with E-state index in [0.717, 1.165) is 24.5 Å². The first kappa shape index (κ1) is 17.0. The van der Waals surface area contributed by atoms with Crippen molar-refractivity contribution in [1.29, 1.82) is 0 Å². The summed E-state index contributed by atoms with van der Waals surface area (Å²) in [7, 11) is 0. The maximum absolute atomic E-state index is 12.2. The fraction of sp³-hybridized carbons (Fsp3) is 0.190. The highest BCUT2D eigenvalue weighted by Crippen LogP contribution is 2.23. The third-order valence-corrected chi connectivity index (χ3v) is 4.54. The van der Waals surface area contributed by atoms with E-state index in [1.54, 1.807) is 12.1 Å². The smallest absolute Gasteiger partial charge is 0.276 e. The van der Waals surface area contributed by atoms with Crippen LogP contribution in [0.3, 0.4) is 0 Å². The number of amides is 1. The van der Waals surface area contributed by atoms with E-state index in [-0.39, 0.29) is 11.6 Å². The third-order valence-electron chi connectivity index (χ3n) is 4.54. The summed E-state index contributed by atoms with van der Waals surface area (Å²) in [4.78, 5) is 14.6. The number of nitrogens with one attached hydrogen (secondary N) is 2. The van der Waals surface area contributed by atoms with Gasteiger partial charge in [0.15, 0.2) is 11.5 Å². The Balaban J connectivity index is 1.38. The second-order valence-corrected chi connectivity index (χ2v) is 6.49. The number of rotatable bonds is 5. The lowest BCUT2D eigenvalue weighted by molar-refractivity contribution is 0.102. The van der Waals surface area contributed by atoms with Gasteiger partial charge in [0.1, 0.15) is 0 Å². The average molecular weight is 359 g/mol. The zero-order chi connectivity index (χ0) is 18.5. The van der Waals surface area contributed by atoms with E-state index < -0.39 is 0 Å². The maximum Gasteiger partial charge on any atom is 0.276 e. The molecule has 6 heteroatoms. The highest BCUT2D eigenvalue weighted by Gasteiger charge is 2.12. The lowest BCUT2D eigenvalue weighted by Gasteiger charge is -2.17. The van der Waals surface area contributed by atoms with Crippen LogP contribution in [0, 0.1) is 0 Å². The van der Waals surface area contributed by atoms with E-state index in [2.05, 4.69) is 37.9 Å². The Morgan fingerprint density at radius 1 is 0.815 bits per heavy atom. The molecule has 0 atom stereocenters. The van der Waals surface area contributed by atoms with Crippen molar-refractivity contribution in [2.45, 2.75) is 12.8 Å². The fourth-order valence-electron chi connectivity index (χ4n) is 3.12. The summed E-state index contributed by atoms with van der Waals surface area (Å²) in [5.41, 5.74) is 3.18. The Labute approximate surface area is 158 Å². The van der Waals surface area contributed by atoms with E-state index in [1.165, 1.54) is 18.5 Å². The molecule has 136 valence electrons. The molecular formula is C21H21N5O. The highest BCUT2D eigenvalue weighted by molar-refractivity contribution is 6.02. The molecule has 1 aliphatic rings. The molecule has 1 saturated heterocycles. The van der Waals surface area contributed by atoms with E-state index in [0.29, 0.717) is 5.82 Å². The number of carbonyl (C=O) groups excluding carboxylic acids is 1. The quantitative estimate of drug-likeness (QED) is 0.718. The Kier molecular flexibility index (Phi) is 4.96. The molecule has 1 aromatic heterocycles. The van der Waals surface area contributed by atoms with Gasteiger partial charge in [0.2, 0.25) is 0 Å². The fourth-order valence-corrected chi connectivity index (χ4v) is 3.12. The van der Waals surface area contributed by atoms with Crippen LogP contribution < -0.4 is 15.5 Å². The van der Waals surface area contributed by atoms with Crippen LogP contribution in [0.25, 0.3) is 0 Å². The standard InChI is InChI=1S/C21H21N5O/c27-21(23-16-6-2-1-3-7-16)19-12-13-20(25-24-19)22-17-8-10-18(11-9-17)26-14-4-5-15-26/h1-3,6-13H,4-5,14-15H2,(H,22,25)(H,23,27). The molecule has 4 rings (SSSR count). The molecule has 1 fully saturated rings. The van der Waals surface area contributed by atoms with Crippen molar-refractivity contribution in [2.24, 2.45) is 0 Å². The van der Waals surface area contributed by atoms with Gasteiger partial charge in [-0.1, -0.05) is 18.2 Å². The minimum atomic E-state index is -0.282. The molecule has 3 aromatic rings. The summed E-state index contributed by atoms with van der Waals surface area (Å²) in [5, 5.41) is 14.1. The molecule has 0 bridgehead atoms. The number of nitrogens with zero attached hydrogens (tertiary/aromatic N) is 3. The molecule has 2 heterocycles. The largest absolute Gasteiger partial charge is 0.372 e. The Hall–Kier alpha value is -3.41. The van der Waals surface area contributed by atoms with Crippen LogP contribution in [0.5, 0.6) is 0 Å². The van der Waals surface area contributed by atoms with Crippen LogP contribution in [0.1, 0.15) is 23.3 Å². The number of benzene rings is 2. The summed E-state index contributed by atoms with van der Waals surface area (Å²) >= 11 is 0. The first-order valence-corrected chi connectivity index (χ1v) is 9.10. The van der Waals surface area contributed by atoms with Gasteiger partial charge >= 0.3 is 0 Å². The van der Waals surface area contributed by atoms with E-state index in [1.807, 2.05) is 42.5 Å². The van der Waals surface area contributed by atoms with Crippen LogP contribution in [0.2, 0.25) is 0 Å². The number of anilines is 4.